The van der Waals surface area contributed by atoms with Crippen molar-refractivity contribution in [3.63, 3.8) is 0 Å². The van der Waals surface area contributed by atoms with Gasteiger partial charge >= 0.3 is 5.97 Å². The first kappa shape index (κ1) is 21.5. The van der Waals surface area contributed by atoms with Crippen LogP contribution in [-0.4, -0.2) is 29.2 Å². The average molecular weight is 396 g/mol. The van der Waals surface area contributed by atoms with Crippen molar-refractivity contribution in [1.82, 2.24) is 0 Å². The molecular weight excluding hydrogens is 376 g/mol. The second-order valence-corrected chi connectivity index (χ2v) is 6.09. The third kappa shape index (κ3) is 7.02. The minimum absolute atomic E-state index is 0.0497. The van der Waals surface area contributed by atoms with Crippen LogP contribution < -0.4 is 5.32 Å². The Labute approximate surface area is 167 Å². The van der Waals surface area contributed by atoms with Gasteiger partial charge in [-0.1, -0.05) is 6.92 Å². The summed E-state index contributed by atoms with van der Waals surface area (Å²) in [6, 6.07) is 11.9. The van der Waals surface area contributed by atoms with Crippen molar-refractivity contribution in [1.29, 1.82) is 0 Å². The Morgan fingerprint density at radius 2 is 1.72 bits per heavy atom. The van der Waals surface area contributed by atoms with E-state index in [1.54, 1.807) is 24.3 Å². The van der Waals surface area contributed by atoms with Crippen LogP contribution in [0.25, 0.3) is 6.08 Å². The van der Waals surface area contributed by atoms with E-state index in [9.17, 15) is 24.5 Å². The van der Waals surface area contributed by atoms with Crippen molar-refractivity contribution in [3.8, 4) is 0 Å². The minimum Gasteiger partial charge on any atom is -0.454 e. The molecule has 150 valence electrons. The molecule has 0 saturated carbocycles. The number of carbonyl (C=O) groups is 3. The van der Waals surface area contributed by atoms with Crippen molar-refractivity contribution >= 4 is 35.1 Å². The van der Waals surface area contributed by atoms with E-state index in [2.05, 4.69) is 5.32 Å². The molecule has 8 heteroatoms. The number of nitro groups is 1. The lowest BCUT2D eigenvalue weighted by Gasteiger charge is -2.06. The molecule has 0 spiro atoms. The van der Waals surface area contributed by atoms with Crippen LogP contribution in [0.5, 0.6) is 0 Å². The summed E-state index contributed by atoms with van der Waals surface area (Å²) in [5.74, 6) is -1.19. The van der Waals surface area contributed by atoms with Gasteiger partial charge in [-0.15, -0.1) is 0 Å². The molecule has 0 bridgehead atoms. The standard InChI is InChI=1S/C21H20N2O6/c1-2-3-20(25)22-17-9-7-16(8-10-17)19(24)14-29-21(26)13-6-15-4-11-18(12-5-15)23(27)28/h4-13H,2-3,14H2,1H3,(H,22,25)/b13-6+. The maximum Gasteiger partial charge on any atom is 0.331 e. The first-order valence-electron chi connectivity index (χ1n) is 8.91. The Morgan fingerprint density at radius 1 is 1.07 bits per heavy atom. The minimum atomic E-state index is -0.708. The van der Waals surface area contributed by atoms with E-state index in [1.807, 2.05) is 6.92 Å². The molecule has 0 heterocycles. The Morgan fingerprint density at radius 3 is 2.31 bits per heavy atom. The van der Waals surface area contributed by atoms with Crippen LogP contribution in [0.1, 0.15) is 35.7 Å². The van der Waals surface area contributed by atoms with Crippen molar-refractivity contribution in [2.75, 3.05) is 11.9 Å². The van der Waals surface area contributed by atoms with Gasteiger partial charge in [-0.05, 0) is 54.5 Å². The van der Waals surface area contributed by atoms with Crippen molar-refractivity contribution in [2.45, 2.75) is 19.8 Å². The number of ketones is 1. The zero-order valence-corrected chi connectivity index (χ0v) is 15.8. The molecule has 0 unspecified atom stereocenters. The maximum absolute atomic E-state index is 12.1. The average Bonchev–Trinajstić information content (AvgIpc) is 2.71. The van der Waals surface area contributed by atoms with E-state index in [4.69, 9.17) is 4.74 Å². The molecule has 0 fully saturated rings. The molecule has 29 heavy (non-hydrogen) atoms. The normalized spacial score (nSPS) is 10.5. The van der Waals surface area contributed by atoms with E-state index >= 15 is 0 Å². The highest BCUT2D eigenvalue weighted by Crippen LogP contribution is 2.13. The topological polar surface area (TPSA) is 116 Å². The highest BCUT2D eigenvalue weighted by Gasteiger charge is 2.09. The van der Waals surface area contributed by atoms with Crippen LogP contribution >= 0.6 is 0 Å². The number of nitrogens with zero attached hydrogens (tertiary/aromatic N) is 1. The molecule has 2 rings (SSSR count). The van der Waals surface area contributed by atoms with Gasteiger partial charge in [0.05, 0.1) is 4.92 Å². The lowest BCUT2D eigenvalue weighted by atomic mass is 10.1. The van der Waals surface area contributed by atoms with Crippen LogP contribution in [0.15, 0.2) is 54.6 Å². The zero-order chi connectivity index (χ0) is 21.2. The second-order valence-electron chi connectivity index (χ2n) is 6.09. The van der Waals surface area contributed by atoms with E-state index in [-0.39, 0.29) is 17.4 Å². The lowest BCUT2D eigenvalue weighted by molar-refractivity contribution is -0.384. The fourth-order valence-electron chi connectivity index (χ4n) is 2.33. The van der Waals surface area contributed by atoms with Gasteiger partial charge < -0.3 is 10.1 Å². The summed E-state index contributed by atoms with van der Waals surface area (Å²) >= 11 is 0. The highest BCUT2D eigenvalue weighted by atomic mass is 16.6. The van der Waals surface area contributed by atoms with Crippen molar-refractivity contribution in [3.05, 3.63) is 75.8 Å². The first-order chi connectivity index (χ1) is 13.9. The van der Waals surface area contributed by atoms with Crippen molar-refractivity contribution < 1.29 is 24.0 Å². The molecule has 0 saturated heterocycles. The molecule has 0 aromatic heterocycles. The number of hydrogen-bond donors (Lipinski definition) is 1. The summed E-state index contributed by atoms with van der Waals surface area (Å²) < 4.78 is 4.92. The molecule has 0 radical (unpaired) electrons. The molecule has 0 atom stereocenters. The number of anilines is 1. The molecule has 0 aliphatic rings. The van der Waals surface area contributed by atoms with Gasteiger partial charge in [0.25, 0.3) is 5.69 Å². The third-order valence-electron chi connectivity index (χ3n) is 3.83. The largest absolute Gasteiger partial charge is 0.454 e. The van der Waals surface area contributed by atoms with Gasteiger partial charge in [-0.3, -0.25) is 19.7 Å². The number of nitro benzene ring substituents is 1. The van der Waals surface area contributed by atoms with Crippen LogP contribution in [0, 0.1) is 10.1 Å². The number of nitrogens with one attached hydrogen (secondary N) is 1. The molecule has 1 amide bonds. The van der Waals surface area contributed by atoms with Gasteiger partial charge in [0.1, 0.15) is 0 Å². The molecule has 1 N–H and O–H groups in total. The number of carbonyl (C=O) groups excluding carboxylic acids is 3. The molecule has 2 aromatic carbocycles. The van der Waals surface area contributed by atoms with E-state index in [0.717, 1.165) is 12.5 Å². The monoisotopic (exact) mass is 396 g/mol. The number of rotatable bonds is 9. The number of ether oxygens (including phenoxy) is 1. The van der Waals surface area contributed by atoms with Crippen LogP contribution in [0.2, 0.25) is 0 Å². The smallest absolute Gasteiger partial charge is 0.331 e. The maximum atomic E-state index is 12.1. The van der Waals surface area contributed by atoms with Crippen LogP contribution in [0.4, 0.5) is 11.4 Å². The molecule has 0 aliphatic carbocycles. The van der Waals surface area contributed by atoms with E-state index in [0.29, 0.717) is 23.2 Å². The summed E-state index contributed by atoms with van der Waals surface area (Å²) in [5, 5.41) is 13.3. The number of hydrogen-bond acceptors (Lipinski definition) is 6. The first-order valence-corrected chi connectivity index (χ1v) is 8.91. The fourth-order valence-corrected chi connectivity index (χ4v) is 2.33. The van der Waals surface area contributed by atoms with Crippen LogP contribution in [-0.2, 0) is 14.3 Å². The number of benzene rings is 2. The van der Waals surface area contributed by atoms with Gasteiger partial charge in [0.2, 0.25) is 5.91 Å². The number of amides is 1. The number of esters is 1. The molecule has 0 aliphatic heterocycles. The Bertz CT molecular complexity index is 917. The van der Waals surface area contributed by atoms with E-state index < -0.39 is 17.5 Å². The van der Waals surface area contributed by atoms with Crippen molar-refractivity contribution in [2.24, 2.45) is 0 Å². The predicted molar refractivity (Wildman–Crippen MR) is 107 cm³/mol. The Kier molecular flexibility index (Phi) is 7.78. The quantitative estimate of drug-likeness (QED) is 0.227. The zero-order valence-electron chi connectivity index (χ0n) is 15.8. The SMILES string of the molecule is CCCC(=O)Nc1ccc(C(=O)COC(=O)/C=C/c2ccc([N+](=O)[O-])cc2)cc1. The fraction of sp³-hybridized carbons (Fsp3) is 0.190. The Hall–Kier alpha value is -3.81. The third-order valence-corrected chi connectivity index (χ3v) is 3.83. The summed E-state index contributed by atoms with van der Waals surface area (Å²) in [7, 11) is 0. The number of Topliss-reactive ketones (excluding diaryl/α,β-unsaturated/α-hetero) is 1. The lowest BCUT2D eigenvalue weighted by Crippen LogP contribution is -2.13. The summed E-state index contributed by atoms with van der Waals surface area (Å²) in [6.45, 7) is 1.48. The summed E-state index contributed by atoms with van der Waals surface area (Å²) in [6.07, 6.45) is 3.74. The summed E-state index contributed by atoms with van der Waals surface area (Å²) in [4.78, 5) is 45.5. The predicted octanol–water partition coefficient (Wildman–Crippen LogP) is 3.77. The van der Waals surface area contributed by atoms with Gasteiger partial charge in [0, 0.05) is 35.9 Å². The molecular formula is C21H20N2O6. The van der Waals surface area contributed by atoms with Gasteiger partial charge in [-0.2, -0.15) is 0 Å². The van der Waals surface area contributed by atoms with E-state index in [1.165, 1.54) is 30.3 Å². The van der Waals surface area contributed by atoms with Crippen LogP contribution in [0.3, 0.4) is 0 Å². The second kappa shape index (κ2) is 10.5. The summed E-state index contributed by atoms with van der Waals surface area (Å²) in [5.41, 5.74) is 1.47. The van der Waals surface area contributed by atoms with Gasteiger partial charge in [0.15, 0.2) is 12.4 Å². The molecule has 8 nitrogen and oxygen atoms in total. The molecule has 2 aromatic rings. The number of non-ortho nitro benzene ring substituents is 1. The highest BCUT2D eigenvalue weighted by molar-refractivity contribution is 5.99. The Balaban J connectivity index is 1.84. The van der Waals surface area contributed by atoms with Gasteiger partial charge in [-0.25, -0.2) is 4.79 Å².